The monoisotopic (exact) mass is 213 g/mol. The SMILES string of the molecule is CN1CC2CCCC(C1)C2(O)CC(=O)O. The Labute approximate surface area is 89.9 Å². The smallest absolute Gasteiger partial charge is 0.306 e. The molecule has 2 fully saturated rings. The van der Waals surface area contributed by atoms with Crippen molar-refractivity contribution in [3.63, 3.8) is 0 Å². The van der Waals surface area contributed by atoms with E-state index in [1.165, 1.54) is 0 Å². The molecule has 0 aromatic carbocycles. The molecule has 2 aliphatic rings. The minimum absolute atomic E-state index is 0.0871. The number of aliphatic hydroxyl groups is 1. The first-order valence-electron chi connectivity index (χ1n) is 5.65. The van der Waals surface area contributed by atoms with Gasteiger partial charge in [0.05, 0.1) is 12.0 Å². The van der Waals surface area contributed by atoms with E-state index in [4.69, 9.17) is 5.11 Å². The van der Waals surface area contributed by atoms with E-state index in [2.05, 4.69) is 4.90 Å². The Bertz CT molecular complexity index is 253. The highest BCUT2D eigenvalue weighted by molar-refractivity contribution is 5.68. The summed E-state index contributed by atoms with van der Waals surface area (Å²) in [7, 11) is 2.05. The third-order valence-corrected chi connectivity index (χ3v) is 4.02. The van der Waals surface area contributed by atoms with Crippen LogP contribution in [0.5, 0.6) is 0 Å². The van der Waals surface area contributed by atoms with Crippen LogP contribution in [0.2, 0.25) is 0 Å². The van der Waals surface area contributed by atoms with Crippen LogP contribution >= 0.6 is 0 Å². The molecule has 2 unspecified atom stereocenters. The summed E-state index contributed by atoms with van der Waals surface area (Å²) in [6, 6.07) is 0. The Morgan fingerprint density at radius 1 is 1.40 bits per heavy atom. The van der Waals surface area contributed by atoms with Gasteiger partial charge < -0.3 is 15.1 Å². The summed E-state index contributed by atoms with van der Waals surface area (Å²) in [5.74, 6) is -0.587. The van der Waals surface area contributed by atoms with Crippen molar-refractivity contribution in [2.45, 2.75) is 31.3 Å². The van der Waals surface area contributed by atoms with Gasteiger partial charge in [0, 0.05) is 24.9 Å². The van der Waals surface area contributed by atoms with E-state index >= 15 is 0 Å². The number of carboxylic acid groups (broad SMARTS) is 1. The van der Waals surface area contributed by atoms with E-state index in [0.717, 1.165) is 32.4 Å². The summed E-state index contributed by atoms with van der Waals surface area (Å²) in [5.41, 5.74) is -0.948. The van der Waals surface area contributed by atoms with E-state index in [9.17, 15) is 9.90 Å². The second-order valence-corrected chi connectivity index (χ2v) is 5.11. The lowest BCUT2D eigenvalue weighted by Crippen LogP contribution is -2.60. The number of hydrogen-bond donors (Lipinski definition) is 2. The van der Waals surface area contributed by atoms with Crippen molar-refractivity contribution >= 4 is 5.97 Å². The minimum Gasteiger partial charge on any atom is -0.481 e. The lowest BCUT2D eigenvalue weighted by atomic mass is 9.64. The summed E-state index contributed by atoms with van der Waals surface area (Å²) in [5, 5.41) is 19.4. The van der Waals surface area contributed by atoms with Crippen molar-refractivity contribution in [1.29, 1.82) is 0 Å². The molecule has 0 spiro atoms. The molecule has 86 valence electrons. The van der Waals surface area contributed by atoms with Crippen molar-refractivity contribution in [3.05, 3.63) is 0 Å². The molecule has 1 aliphatic heterocycles. The Kier molecular flexibility index (Phi) is 2.73. The quantitative estimate of drug-likeness (QED) is 0.703. The van der Waals surface area contributed by atoms with E-state index in [0.29, 0.717) is 0 Å². The number of fused-ring (bicyclic) bond motifs is 2. The molecule has 1 saturated carbocycles. The zero-order chi connectivity index (χ0) is 11.1. The van der Waals surface area contributed by atoms with Gasteiger partial charge >= 0.3 is 5.97 Å². The fraction of sp³-hybridized carbons (Fsp3) is 0.909. The van der Waals surface area contributed by atoms with E-state index < -0.39 is 11.6 Å². The zero-order valence-corrected chi connectivity index (χ0v) is 9.15. The highest BCUT2D eigenvalue weighted by Crippen LogP contribution is 2.44. The first-order chi connectivity index (χ1) is 7.02. The fourth-order valence-corrected chi connectivity index (χ4v) is 3.30. The summed E-state index contributed by atoms with van der Waals surface area (Å²) in [6.45, 7) is 1.67. The number of carbonyl (C=O) groups is 1. The van der Waals surface area contributed by atoms with Gasteiger partial charge in [-0.3, -0.25) is 4.79 Å². The molecule has 2 bridgehead atoms. The minimum atomic E-state index is -0.948. The van der Waals surface area contributed by atoms with Crippen LogP contribution in [-0.4, -0.2) is 46.8 Å². The molecule has 0 radical (unpaired) electrons. The van der Waals surface area contributed by atoms with Crippen LogP contribution in [-0.2, 0) is 4.79 Å². The van der Waals surface area contributed by atoms with Crippen LogP contribution in [0.15, 0.2) is 0 Å². The number of likely N-dealkylation sites (tertiary alicyclic amines) is 1. The highest BCUT2D eigenvalue weighted by atomic mass is 16.4. The van der Waals surface area contributed by atoms with Crippen LogP contribution < -0.4 is 0 Å². The normalized spacial score (nSPS) is 41.5. The van der Waals surface area contributed by atoms with Gasteiger partial charge in [0.15, 0.2) is 0 Å². The largest absolute Gasteiger partial charge is 0.481 e. The number of hydrogen-bond acceptors (Lipinski definition) is 3. The number of carboxylic acids is 1. The highest BCUT2D eigenvalue weighted by Gasteiger charge is 2.50. The van der Waals surface area contributed by atoms with Crippen molar-refractivity contribution < 1.29 is 15.0 Å². The molecular formula is C11H19NO3. The average molecular weight is 213 g/mol. The Morgan fingerprint density at radius 2 is 1.93 bits per heavy atom. The summed E-state index contributed by atoms with van der Waals surface area (Å²) in [4.78, 5) is 13.0. The van der Waals surface area contributed by atoms with E-state index in [-0.39, 0.29) is 18.3 Å². The van der Waals surface area contributed by atoms with Crippen LogP contribution in [0.3, 0.4) is 0 Å². The van der Waals surface area contributed by atoms with Crippen molar-refractivity contribution in [2.24, 2.45) is 11.8 Å². The predicted molar refractivity (Wildman–Crippen MR) is 55.5 cm³/mol. The van der Waals surface area contributed by atoms with Gasteiger partial charge in [-0.05, 0) is 19.9 Å². The lowest BCUT2D eigenvalue weighted by molar-refractivity contribution is -0.165. The van der Waals surface area contributed by atoms with Gasteiger partial charge in [0.25, 0.3) is 0 Å². The number of piperidine rings is 1. The molecule has 0 amide bonds. The second-order valence-electron chi connectivity index (χ2n) is 5.11. The molecule has 0 aromatic heterocycles. The molecular weight excluding hydrogens is 194 g/mol. The van der Waals surface area contributed by atoms with Gasteiger partial charge in [0.2, 0.25) is 0 Å². The van der Waals surface area contributed by atoms with Crippen LogP contribution in [0.1, 0.15) is 25.7 Å². The van der Waals surface area contributed by atoms with Gasteiger partial charge in [-0.15, -0.1) is 0 Å². The first-order valence-corrected chi connectivity index (χ1v) is 5.65. The number of aliphatic carboxylic acids is 1. The maximum atomic E-state index is 10.8. The maximum Gasteiger partial charge on any atom is 0.306 e. The Morgan fingerprint density at radius 3 is 2.40 bits per heavy atom. The van der Waals surface area contributed by atoms with Gasteiger partial charge in [-0.2, -0.15) is 0 Å². The number of rotatable bonds is 2. The van der Waals surface area contributed by atoms with Gasteiger partial charge in [0.1, 0.15) is 0 Å². The Balaban J connectivity index is 2.19. The molecule has 1 heterocycles. The molecule has 1 saturated heterocycles. The first kappa shape index (κ1) is 10.9. The molecule has 4 heteroatoms. The molecule has 0 aromatic rings. The lowest BCUT2D eigenvalue weighted by Gasteiger charge is -2.51. The third kappa shape index (κ3) is 1.88. The fourth-order valence-electron chi connectivity index (χ4n) is 3.30. The molecule has 2 N–H and O–H groups in total. The van der Waals surface area contributed by atoms with Crippen molar-refractivity contribution in [3.8, 4) is 0 Å². The molecule has 2 atom stereocenters. The van der Waals surface area contributed by atoms with Gasteiger partial charge in [-0.25, -0.2) is 0 Å². The summed E-state index contributed by atoms with van der Waals surface area (Å²) >= 11 is 0. The van der Waals surface area contributed by atoms with E-state index in [1.54, 1.807) is 0 Å². The van der Waals surface area contributed by atoms with Crippen molar-refractivity contribution in [1.82, 2.24) is 4.90 Å². The summed E-state index contributed by atoms with van der Waals surface area (Å²) < 4.78 is 0. The third-order valence-electron chi connectivity index (χ3n) is 4.02. The molecule has 1 aliphatic carbocycles. The standard InChI is InChI=1S/C11H19NO3/c1-12-6-8-3-2-4-9(7-12)11(8,15)5-10(13)14/h8-9,15H,2-7H2,1H3,(H,13,14). The Hall–Kier alpha value is -0.610. The van der Waals surface area contributed by atoms with Crippen LogP contribution in [0.25, 0.3) is 0 Å². The average Bonchev–Trinajstić information content (AvgIpc) is 2.06. The van der Waals surface area contributed by atoms with Gasteiger partial charge in [-0.1, -0.05) is 6.42 Å². The topological polar surface area (TPSA) is 60.8 Å². The number of nitrogens with zero attached hydrogens (tertiary/aromatic N) is 1. The summed E-state index contributed by atoms with van der Waals surface area (Å²) in [6.07, 6.45) is 2.97. The maximum absolute atomic E-state index is 10.8. The van der Waals surface area contributed by atoms with Crippen molar-refractivity contribution in [2.75, 3.05) is 20.1 Å². The predicted octanol–water partition coefficient (Wildman–Crippen LogP) is 0.554. The molecule has 2 rings (SSSR count). The molecule has 15 heavy (non-hydrogen) atoms. The van der Waals surface area contributed by atoms with Crippen LogP contribution in [0, 0.1) is 11.8 Å². The van der Waals surface area contributed by atoms with E-state index in [1.807, 2.05) is 7.05 Å². The zero-order valence-electron chi connectivity index (χ0n) is 9.15. The molecule has 4 nitrogen and oxygen atoms in total. The second kappa shape index (κ2) is 3.76. The van der Waals surface area contributed by atoms with Crippen LogP contribution in [0.4, 0.5) is 0 Å².